The number of piperidine rings is 1. The lowest BCUT2D eigenvalue weighted by molar-refractivity contribution is -0.126. The molecule has 3 heteroatoms. The number of rotatable bonds is 4. The van der Waals surface area contributed by atoms with Gasteiger partial charge in [0.25, 0.3) is 0 Å². The van der Waals surface area contributed by atoms with E-state index in [0.29, 0.717) is 18.3 Å². The van der Waals surface area contributed by atoms with Crippen LogP contribution >= 0.6 is 0 Å². The number of likely N-dealkylation sites (tertiary alicyclic amines) is 1. The van der Waals surface area contributed by atoms with E-state index in [1.54, 1.807) is 0 Å². The van der Waals surface area contributed by atoms with Crippen LogP contribution in [0.4, 0.5) is 0 Å². The Hall–Kier alpha value is -0.410. The maximum Gasteiger partial charge on any atom is 0.137 e. The zero-order valence-corrected chi connectivity index (χ0v) is 11.6. The summed E-state index contributed by atoms with van der Waals surface area (Å²) in [5.41, 5.74) is 0. The fourth-order valence-corrected chi connectivity index (χ4v) is 3.41. The number of carbonyl (C=O) groups excluding carboxylic acids is 1. The van der Waals surface area contributed by atoms with Crippen LogP contribution in [0.25, 0.3) is 0 Å². The Morgan fingerprint density at radius 3 is 2.56 bits per heavy atom. The highest BCUT2D eigenvalue weighted by Gasteiger charge is 2.30. The van der Waals surface area contributed by atoms with Gasteiger partial charge in [0.1, 0.15) is 5.78 Å². The standard InChI is InChI=1S/C15H27NO2/c1-2-12-3-4-15(18)14(9-12)10-16-7-5-13(11-17)6-8-16/h12-14,17H,2-11H2,1H3. The van der Waals surface area contributed by atoms with Crippen molar-refractivity contribution in [1.29, 1.82) is 0 Å². The third-order valence-electron chi connectivity index (χ3n) is 4.89. The Morgan fingerprint density at radius 2 is 1.94 bits per heavy atom. The van der Waals surface area contributed by atoms with Gasteiger partial charge < -0.3 is 10.0 Å². The van der Waals surface area contributed by atoms with E-state index in [4.69, 9.17) is 5.11 Å². The van der Waals surface area contributed by atoms with Crippen molar-refractivity contribution in [1.82, 2.24) is 4.90 Å². The predicted molar refractivity (Wildman–Crippen MR) is 72.4 cm³/mol. The number of Topliss-reactive ketones (excluding diaryl/α,β-unsaturated/α-hetero) is 1. The third kappa shape index (κ3) is 3.55. The zero-order valence-electron chi connectivity index (χ0n) is 11.6. The minimum absolute atomic E-state index is 0.286. The summed E-state index contributed by atoms with van der Waals surface area (Å²) in [5, 5.41) is 9.13. The van der Waals surface area contributed by atoms with E-state index in [-0.39, 0.29) is 5.92 Å². The molecule has 0 aromatic carbocycles. The van der Waals surface area contributed by atoms with Crippen molar-refractivity contribution in [2.75, 3.05) is 26.2 Å². The largest absolute Gasteiger partial charge is 0.396 e. The number of ketones is 1. The summed E-state index contributed by atoms with van der Waals surface area (Å²) in [5.74, 6) is 2.03. The van der Waals surface area contributed by atoms with Crippen molar-refractivity contribution in [3.63, 3.8) is 0 Å². The van der Waals surface area contributed by atoms with Crippen LogP contribution in [0, 0.1) is 17.8 Å². The smallest absolute Gasteiger partial charge is 0.137 e. The SMILES string of the molecule is CCC1CCC(=O)C(CN2CCC(CO)CC2)C1. The molecule has 0 aromatic heterocycles. The quantitative estimate of drug-likeness (QED) is 0.834. The molecule has 104 valence electrons. The molecule has 0 bridgehead atoms. The van der Waals surface area contributed by atoms with Crippen LogP contribution in [0.5, 0.6) is 0 Å². The lowest BCUT2D eigenvalue weighted by Gasteiger charge is -2.35. The second-order valence-electron chi connectivity index (χ2n) is 6.14. The van der Waals surface area contributed by atoms with Gasteiger partial charge in [-0.2, -0.15) is 0 Å². The van der Waals surface area contributed by atoms with Gasteiger partial charge in [-0.25, -0.2) is 0 Å². The molecule has 2 fully saturated rings. The maximum atomic E-state index is 12.0. The fraction of sp³-hybridized carbons (Fsp3) is 0.933. The molecule has 2 aliphatic rings. The van der Waals surface area contributed by atoms with Gasteiger partial charge in [0, 0.05) is 25.5 Å². The van der Waals surface area contributed by atoms with Crippen LogP contribution in [0.1, 0.15) is 45.4 Å². The van der Waals surface area contributed by atoms with Gasteiger partial charge in [0.05, 0.1) is 0 Å². The summed E-state index contributed by atoms with van der Waals surface area (Å²) in [7, 11) is 0. The first-order valence-corrected chi connectivity index (χ1v) is 7.58. The summed E-state index contributed by atoms with van der Waals surface area (Å²) in [6.07, 6.45) is 6.42. The molecule has 1 aliphatic heterocycles. The van der Waals surface area contributed by atoms with Gasteiger partial charge in [0.2, 0.25) is 0 Å². The number of hydrogen-bond acceptors (Lipinski definition) is 3. The van der Waals surface area contributed by atoms with E-state index in [1.165, 1.54) is 6.42 Å². The molecule has 0 spiro atoms. The van der Waals surface area contributed by atoms with E-state index in [1.807, 2.05) is 0 Å². The maximum absolute atomic E-state index is 12.0. The molecule has 0 aromatic rings. The monoisotopic (exact) mass is 253 g/mol. The fourth-order valence-electron chi connectivity index (χ4n) is 3.41. The van der Waals surface area contributed by atoms with Crippen LogP contribution < -0.4 is 0 Å². The molecule has 3 nitrogen and oxygen atoms in total. The molecule has 1 N–H and O–H groups in total. The number of hydrogen-bond donors (Lipinski definition) is 1. The summed E-state index contributed by atoms with van der Waals surface area (Å²) in [4.78, 5) is 14.4. The van der Waals surface area contributed by atoms with E-state index < -0.39 is 0 Å². The lowest BCUT2D eigenvalue weighted by Crippen LogP contribution is -2.41. The van der Waals surface area contributed by atoms with Crippen molar-refractivity contribution in [2.45, 2.75) is 45.4 Å². The molecule has 2 unspecified atom stereocenters. The first kappa shape index (κ1) is 14.0. The van der Waals surface area contributed by atoms with Crippen molar-refractivity contribution < 1.29 is 9.90 Å². The van der Waals surface area contributed by atoms with Gasteiger partial charge in [-0.05, 0) is 50.6 Å². The molecule has 0 amide bonds. The highest BCUT2D eigenvalue weighted by atomic mass is 16.3. The van der Waals surface area contributed by atoms with Gasteiger partial charge in [-0.1, -0.05) is 13.3 Å². The summed E-state index contributed by atoms with van der Waals surface area (Å²) in [6, 6.07) is 0. The van der Waals surface area contributed by atoms with Crippen molar-refractivity contribution in [3.8, 4) is 0 Å². The van der Waals surface area contributed by atoms with Gasteiger partial charge >= 0.3 is 0 Å². The van der Waals surface area contributed by atoms with E-state index in [9.17, 15) is 4.79 Å². The highest BCUT2D eigenvalue weighted by molar-refractivity contribution is 5.81. The molecule has 18 heavy (non-hydrogen) atoms. The van der Waals surface area contributed by atoms with Gasteiger partial charge in [0.15, 0.2) is 0 Å². The average Bonchev–Trinajstić information content (AvgIpc) is 2.42. The van der Waals surface area contributed by atoms with Crippen LogP contribution in [0.3, 0.4) is 0 Å². The summed E-state index contributed by atoms with van der Waals surface area (Å²) in [6.45, 7) is 5.66. The normalized spacial score (nSPS) is 31.8. The minimum atomic E-state index is 0.286. The van der Waals surface area contributed by atoms with Gasteiger partial charge in [-0.3, -0.25) is 4.79 Å². The molecule has 1 heterocycles. The second-order valence-corrected chi connectivity index (χ2v) is 6.14. The zero-order chi connectivity index (χ0) is 13.0. The second kappa shape index (κ2) is 6.67. The lowest BCUT2D eigenvalue weighted by atomic mass is 9.79. The molecule has 2 rings (SSSR count). The number of aliphatic hydroxyl groups is 1. The van der Waals surface area contributed by atoms with Gasteiger partial charge in [-0.15, -0.1) is 0 Å². The van der Waals surface area contributed by atoms with Crippen LogP contribution in [0.15, 0.2) is 0 Å². The molecule has 1 saturated carbocycles. The predicted octanol–water partition coefficient (Wildman–Crippen LogP) is 2.09. The van der Waals surface area contributed by atoms with E-state index in [0.717, 1.165) is 57.7 Å². The molecular formula is C15H27NO2. The Morgan fingerprint density at radius 1 is 1.22 bits per heavy atom. The average molecular weight is 253 g/mol. The molecule has 0 radical (unpaired) electrons. The van der Waals surface area contributed by atoms with E-state index in [2.05, 4.69) is 11.8 Å². The summed E-state index contributed by atoms with van der Waals surface area (Å²) < 4.78 is 0. The topological polar surface area (TPSA) is 40.5 Å². The van der Waals surface area contributed by atoms with Crippen LogP contribution in [0.2, 0.25) is 0 Å². The van der Waals surface area contributed by atoms with Crippen molar-refractivity contribution in [2.24, 2.45) is 17.8 Å². The van der Waals surface area contributed by atoms with Crippen LogP contribution in [-0.2, 0) is 4.79 Å². The first-order chi connectivity index (χ1) is 8.72. The van der Waals surface area contributed by atoms with Crippen molar-refractivity contribution in [3.05, 3.63) is 0 Å². The Labute approximate surface area is 111 Å². The highest BCUT2D eigenvalue weighted by Crippen LogP contribution is 2.30. The first-order valence-electron chi connectivity index (χ1n) is 7.58. The van der Waals surface area contributed by atoms with E-state index >= 15 is 0 Å². The number of aliphatic hydroxyl groups excluding tert-OH is 1. The molecule has 1 aliphatic carbocycles. The minimum Gasteiger partial charge on any atom is -0.396 e. The number of nitrogens with zero attached hydrogens (tertiary/aromatic N) is 1. The number of carbonyl (C=O) groups is 1. The Kier molecular flexibility index (Phi) is 5.19. The Bertz CT molecular complexity index is 272. The Balaban J connectivity index is 1.79. The molecule has 1 saturated heterocycles. The van der Waals surface area contributed by atoms with Crippen LogP contribution in [-0.4, -0.2) is 42.0 Å². The molecular weight excluding hydrogens is 226 g/mol. The summed E-state index contributed by atoms with van der Waals surface area (Å²) >= 11 is 0. The molecule has 2 atom stereocenters. The third-order valence-corrected chi connectivity index (χ3v) is 4.89. The van der Waals surface area contributed by atoms with Crippen molar-refractivity contribution >= 4 is 5.78 Å².